The molecular formula is C19H20N2O. The summed E-state index contributed by atoms with van der Waals surface area (Å²) in [6.07, 6.45) is 0. The molecule has 3 rings (SSSR count). The van der Waals surface area contributed by atoms with Crippen LogP contribution in [0.15, 0.2) is 54.6 Å². The van der Waals surface area contributed by atoms with Gasteiger partial charge in [-0.05, 0) is 50.6 Å². The number of nitrogens with zero attached hydrogens (tertiary/aromatic N) is 1. The Kier molecular flexibility index (Phi) is 4.89. The Balaban J connectivity index is 0.000000188. The summed E-state index contributed by atoms with van der Waals surface area (Å²) < 4.78 is 0. The van der Waals surface area contributed by atoms with Gasteiger partial charge in [0.25, 0.3) is 0 Å². The fraction of sp³-hybridized carbons (Fsp3) is 0.158. The number of rotatable bonds is 1. The molecule has 2 aromatic carbocycles. The molecule has 0 unspecified atom stereocenters. The first-order valence-corrected chi connectivity index (χ1v) is 7.17. The van der Waals surface area contributed by atoms with Crippen molar-refractivity contribution in [3.8, 4) is 0 Å². The van der Waals surface area contributed by atoms with E-state index in [0.29, 0.717) is 5.56 Å². The van der Waals surface area contributed by atoms with Gasteiger partial charge in [-0.2, -0.15) is 0 Å². The third kappa shape index (κ3) is 3.92. The van der Waals surface area contributed by atoms with Crippen LogP contribution in [0, 0.1) is 13.8 Å². The third-order valence-corrected chi connectivity index (χ3v) is 3.34. The number of nitrogens with two attached hydrogens (primary N) is 1. The van der Waals surface area contributed by atoms with Gasteiger partial charge in [0.2, 0.25) is 0 Å². The molecule has 0 saturated heterocycles. The largest absolute Gasteiger partial charge is 0.399 e. The molecule has 3 aromatic rings. The Bertz CT molecular complexity index is 792. The van der Waals surface area contributed by atoms with Crippen LogP contribution in [0.3, 0.4) is 0 Å². The van der Waals surface area contributed by atoms with Gasteiger partial charge in [-0.1, -0.05) is 30.3 Å². The van der Waals surface area contributed by atoms with Gasteiger partial charge in [0.05, 0.1) is 5.52 Å². The first-order chi connectivity index (χ1) is 10.5. The molecule has 0 bridgehead atoms. The summed E-state index contributed by atoms with van der Waals surface area (Å²) in [6, 6.07) is 17.5. The first kappa shape index (κ1) is 15.7. The van der Waals surface area contributed by atoms with Crippen molar-refractivity contribution in [1.82, 2.24) is 4.98 Å². The van der Waals surface area contributed by atoms with E-state index in [2.05, 4.69) is 4.98 Å². The van der Waals surface area contributed by atoms with E-state index >= 15 is 0 Å². The van der Waals surface area contributed by atoms with Crippen molar-refractivity contribution in [2.75, 3.05) is 5.73 Å². The normalized spacial score (nSPS) is 9.95. The molecule has 2 N–H and O–H groups in total. The number of aromatic nitrogens is 1. The van der Waals surface area contributed by atoms with E-state index in [1.54, 1.807) is 6.92 Å². The van der Waals surface area contributed by atoms with Crippen molar-refractivity contribution in [3.63, 3.8) is 0 Å². The number of aryl methyl sites for hydroxylation is 2. The lowest BCUT2D eigenvalue weighted by Gasteiger charge is -2.03. The zero-order valence-electron chi connectivity index (χ0n) is 13.1. The van der Waals surface area contributed by atoms with E-state index in [1.807, 2.05) is 68.4 Å². The third-order valence-electron chi connectivity index (χ3n) is 3.34. The highest BCUT2D eigenvalue weighted by molar-refractivity contribution is 5.98. The van der Waals surface area contributed by atoms with Gasteiger partial charge in [-0.15, -0.1) is 0 Å². The summed E-state index contributed by atoms with van der Waals surface area (Å²) in [5.41, 5.74) is 9.96. The van der Waals surface area contributed by atoms with Gasteiger partial charge in [-0.3, -0.25) is 9.78 Å². The summed E-state index contributed by atoms with van der Waals surface area (Å²) in [5.74, 6) is 0.0701. The number of fused-ring (bicyclic) bond motifs is 1. The summed E-state index contributed by atoms with van der Waals surface area (Å²) in [6.45, 7) is 5.46. The van der Waals surface area contributed by atoms with Crippen LogP contribution in [0.1, 0.15) is 28.5 Å². The van der Waals surface area contributed by atoms with Crippen molar-refractivity contribution in [3.05, 3.63) is 71.4 Å². The Labute approximate surface area is 130 Å². The minimum Gasteiger partial charge on any atom is -0.399 e. The maximum absolute atomic E-state index is 11.3. The second-order valence-corrected chi connectivity index (χ2v) is 5.28. The van der Waals surface area contributed by atoms with Crippen molar-refractivity contribution >= 4 is 22.4 Å². The van der Waals surface area contributed by atoms with Crippen molar-refractivity contribution in [2.45, 2.75) is 20.8 Å². The summed E-state index contributed by atoms with van der Waals surface area (Å²) in [5, 5.41) is 1.02. The average molecular weight is 292 g/mol. The predicted molar refractivity (Wildman–Crippen MR) is 92.1 cm³/mol. The van der Waals surface area contributed by atoms with E-state index in [4.69, 9.17) is 5.73 Å². The molecule has 0 fully saturated rings. The van der Waals surface area contributed by atoms with Crippen LogP contribution in [-0.4, -0.2) is 10.8 Å². The number of benzene rings is 2. The molecule has 0 aliphatic heterocycles. The second kappa shape index (κ2) is 6.85. The molecule has 0 atom stereocenters. The van der Waals surface area contributed by atoms with E-state index in [-0.39, 0.29) is 5.78 Å². The fourth-order valence-electron chi connectivity index (χ4n) is 2.24. The van der Waals surface area contributed by atoms with Crippen LogP contribution >= 0.6 is 0 Å². The number of carbonyl (C=O) groups excluding carboxylic acids is 1. The zero-order chi connectivity index (χ0) is 16.1. The molecule has 0 saturated carbocycles. The molecule has 3 heteroatoms. The van der Waals surface area contributed by atoms with Crippen molar-refractivity contribution in [2.24, 2.45) is 0 Å². The highest BCUT2D eigenvalue weighted by Gasteiger charge is 2.06. The Morgan fingerprint density at radius 2 is 1.73 bits per heavy atom. The lowest BCUT2D eigenvalue weighted by Crippen LogP contribution is -1.98. The van der Waals surface area contributed by atoms with Crippen molar-refractivity contribution in [1.29, 1.82) is 0 Å². The molecule has 1 aromatic heterocycles. The Morgan fingerprint density at radius 3 is 2.32 bits per heavy atom. The molecule has 0 aliphatic carbocycles. The number of Topliss-reactive ketones (excluding diaryl/α,β-unsaturated/α-hetero) is 1. The fourth-order valence-corrected chi connectivity index (χ4v) is 2.24. The van der Waals surface area contributed by atoms with E-state index < -0.39 is 0 Å². The number of hydrogen-bond donors (Lipinski definition) is 1. The summed E-state index contributed by atoms with van der Waals surface area (Å²) in [7, 11) is 0. The monoisotopic (exact) mass is 292 g/mol. The molecule has 112 valence electrons. The second-order valence-electron chi connectivity index (χ2n) is 5.28. The lowest BCUT2D eigenvalue weighted by molar-refractivity contribution is 0.101. The van der Waals surface area contributed by atoms with Crippen LogP contribution in [0.5, 0.6) is 0 Å². The minimum atomic E-state index is 0.0701. The molecule has 0 radical (unpaired) electrons. The standard InChI is InChI=1S/C12H11NO.C7H9N/c1-8-11(9(2)14)7-10-5-3-4-6-12(10)13-8;1-6-3-2-4-7(8)5-6/h3-7H,1-2H3;2-5H,8H2,1H3. The molecule has 1 heterocycles. The number of para-hydroxylation sites is 1. The number of pyridine rings is 1. The quantitative estimate of drug-likeness (QED) is 0.536. The summed E-state index contributed by atoms with van der Waals surface area (Å²) >= 11 is 0. The molecule has 0 aliphatic rings. The number of hydrogen-bond acceptors (Lipinski definition) is 3. The molecule has 0 spiro atoms. The van der Waals surface area contributed by atoms with Crippen molar-refractivity contribution < 1.29 is 4.79 Å². The maximum atomic E-state index is 11.3. The van der Waals surface area contributed by atoms with Crippen LogP contribution in [0.25, 0.3) is 10.9 Å². The van der Waals surface area contributed by atoms with Gasteiger partial charge >= 0.3 is 0 Å². The van der Waals surface area contributed by atoms with Crippen LogP contribution in [0.2, 0.25) is 0 Å². The molecule has 0 amide bonds. The van der Waals surface area contributed by atoms with E-state index in [1.165, 1.54) is 5.56 Å². The van der Waals surface area contributed by atoms with Crippen LogP contribution in [0.4, 0.5) is 5.69 Å². The van der Waals surface area contributed by atoms with E-state index in [0.717, 1.165) is 22.3 Å². The van der Waals surface area contributed by atoms with Gasteiger partial charge in [-0.25, -0.2) is 0 Å². The topological polar surface area (TPSA) is 56.0 Å². The summed E-state index contributed by atoms with van der Waals surface area (Å²) in [4.78, 5) is 15.6. The number of anilines is 1. The van der Waals surface area contributed by atoms with Gasteiger partial charge in [0.15, 0.2) is 5.78 Å². The molecule has 3 nitrogen and oxygen atoms in total. The van der Waals surface area contributed by atoms with Gasteiger partial charge in [0, 0.05) is 22.3 Å². The Morgan fingerprint density at radius 1 is 1.00 bits per heavy atom. The van der Waals surface area contributed by atoms with Crippen LogP contribution in [-0.2, 0) is 0 Å². The highest BCUT2D eigenvalue weighted by Crippen LogP contribution is 2.16. The highest BCUT2D eigenvalue weighted by atomic mass is 16.1. The maximum Gasteiger partial charge on any atom is 0.161 e. The number of ketones is 1. The number of nitrogen functional groups attached to an aromatic ring is 1. The Hall–Kier alpha value is -2.68. The number of carbonyl (C=O) groups is 1. The average Bonchev–Trinajstić information content (AvgIpc) is 2.46. The predicted octanol–water partition coefficient (Wildman–Crippen LogP) is 4.32. The SMILES string of the molecule is CC(=O)c1cc2ccccc2nc1C.Cc1cccc(N)c1. The minimum absolute atomic E-state index is 0.0701. The molecular weight excluding hydrogens is 272 g/mol. The smallest absolute Gasteiger partial charge is 0.161 e. The van der Waals surface area contributed by atoms with Crippen LogP contribution < -0.4 is 5.73 Å². The molecule has 22 heavy (non-hydrogen) atoms. The lowest BCUT2D eigenvalue weighted by atomic mass is 10.1. The zero-order valence-corrected chi connectivity index (χ0v) is 13.1. The van der Waals surface area contributed by atoms with Gasteiger partial charge in [0.1, 0.15) is 0 Å². The van der Waals surface area contributed by atoms with Gasteiger partial charge < -0.3 is 5.73 Å². The first-order valence-electron chi connectivity index (χ1n) is 7.17. The van der Waals surface area contributed by atoms with E-state index in [9.17, 15) is 4.79 Å².